The van der Waals surface area contributed by atoms with Gasteiger partial charge in [0.2, 0.25) is 5.91 Å². The standard InChI is InChI=1S/C30H38Br2N4O4S/c1-16-14-33-29(41-16)34-24(37)9-6-17-12-23(35-39-5)30(2)11-10-18-19(26(17)30)7-8-20-21(18)13-22(31)28(27(20)32)40-25(38)15-36(3)4/h13-14,17-19,26H,6-12,15H2,1-5H3,(H,33,34,37)/b35-23-/t17?,18?,19?,26?,30-/m1/s1. The van der Waals surface area contributed by atoms with Gasteiger partial charge >= 0.3 is 5.97 Å². The highest BCUT2D eigenvalue weighted by atomic mass is 79.9. The Morgan fingerprint density at radius 3 is 2.76 bits per heavy atom. The van der Waals surface area contributed by atoms with Crippen molar-refractivity contribution < 1.29 is 19.2 Å². The number of ether oxygens (including phenoxy) is 1. The molecule has 41 heavy (non-hydrogen) atoms. The number of aryl methyl sites for hydroxylation is 1. The first-order valence-electron chi connectivity index (χ1n) is 14.2. The number of nitrogens with zero attached hydrogens (tertiary/aromatic N) is 3. The Balaban J connectivity index is 1.39. The van der Waals surface area contributed by atoms with Crippen LogP contribution < -0.4 is 10.1 Å². The number of fused-ring (bicyclic) bond motifs is 5. The maximum absolute atomic E-state index is 12.9. The first kappa shape index (κ1) is 30.6. The molecule has 3 aliphatic rings. The van der Waals surface area contributed by atoms with Gasteiger partial charge in [0.1, 0.15) is 7.11 Å². The lowest BCUT2D eigenvalue weighted by Gasteiger charge is -2.50. The molecule has 1 aromatic heterocycles. The Labute approximate surface area is 262 Å². The maximum Gasteiger partial charge on any atom is 0.325 e. The molecule has 5 atom stereocenters. The second-order valence-corrected chi connectivity index (χ2v) is 15.0. The van der Waals surface area contributed by atoms with Crippen molar-refractivity contribution in [3.63, 3.8) is 0 Å². The van der Waals surface area contributed by atoms with E-state index in [2.05, 4.69) is 60.3 Å². The first-order valence-corrected chi connectivity index (χ1v) is 16.6. The number of aromatic nitrogens is 1. The summed E-state index contributed by atoms with van der Waals surface area (Å²) in [6.45, 7) is 4.56. The Morgan fingerprint density at radius 1 is 1.29 bits per heavy atom. The fraction of sp³-hybridized carbons (Fsp3) is 0.600. The number of rotatable bonds is 8. The molecular weight excluding hydrogens is 672 g/mol. The fourth-order valence-electron chi connectivity index (χ4n) is 7.64. The molecule has 1 aromatic carbocycles. The number of amides is 1. The molecule has 5 rings (SSSR count). The van der Waals surface area contributed by atoms with E-state index < -0.39 is 0 Å². The minimum atomic E-state index is -0.286. The van der Waals surface area contributed by atoms with Crippen LogP contribution >= 0.6 is 43.2 Å². The Hall–Kier alpha value is -1.82. The van der Waals surface area contributed by atoms with Crippen LogP contribution in [0.2, 0.25) is 0 Å². The van der Waals surface area contributed by atoms with Crippen LogP contribution in [0.1, 0.15) is 67.4 Å². The third kappa shape index (κ3) is 6.15. The minimum absolute atomic E-state index is 0.0173. The molecule has 1 heterocycles. The smallest absolute Gasteiger partial charge is 0.325 e. The molecule has 0 saturated heterocycles. The van der Waals surface area contributed by atoms with Crippen LogP contribution in [0.3, 0.4) is 0 Å². The second-order valence-electron chi connectivity index (χ2n) is 12.1. The van der Waals surface area contributed by atoms with Gasteiger partial charge in [0.05, 0.1) is 21.2 Å². The molecule has 8 nitrogen and oxygen atoms in total. The van der Waals surface area contributed by atoms with E-state index in [0.29, 0.717) is 41.0 Å². The van der Waals surface area contributed by atoms with Crippen LogP contribution in [-0.2, 0) is 20.8 Å². The predicted octanol–water partition coefficient (Wildman–Crippen LogP) is 6.95. The number of hydrogen-bond acceptors (Lipinski definition) is 8. The number of benzene rings is 1. The van der Waals surface area contributed by atoms with Crippen molar-refractivity contribution in [1.29, 1.82) is 0 Å². The van der Waals surface area contributed by atoms with Crippen LogP contribution in [0.15, 0.2) is 26.4 Å². The van der Waals surface area contributed by atoms with Gasteiger partial charge in [-0.25, -0.2) is 4.98 Å². The van der Waals surface area contributed by atoms with Crippen LogP contribution in [0.4, 0.5) is 5.13 Å². The van der Waals surface area contributed by atoms with Gasteiger partial charge in [0.15, 0.2) is 10.9 Å². The van der Waals surface area contributed by atoms with Gasteiger partial charge in [-0.05, 0) is 132 Å². The van der Waals surface area contributed by atoms with Crippen molar-refractivity contribution in [3.8, 4) is 5.75 Å². The fourth-order valence-corrected chi connectivity index (χ4v) is 9.83. The molecule has 2 saturated carbocycles. The zero-order valence-corrected chi connectivity index (χ0v) is 28.2. The van der Waals surface area contributed by atoms with Gasteiger partial charge in [-0.3, -0.25) is 14.5 Å². The number of thiazole rings is 1. The summed E-state index contributed by atoms with van der Waals surface area (Å²) in [7, 11) is 5.33. The summed E-state index contributed by atoms with van der Waals surface area (Å²) < 4.78 is 7.45. The number of nitrogens with one attached hydrogen (secondary N) is 1. The summed E-state index contributed by atoms with van der Waals surface area (Å²) in [5.41, 5.74) is 3.67. The van der Waals surface area contributed by atoms with Crippen LogP contribution in [0.25, 0.3) is 0 Å². The van der Waals surface area contributed by atoms with Gasteiger partial charge in [-0.1, -0.05) is 12.1 Å². The molecule has 0 bridgehead atoms. The zero-order valence-electron chi connectivity index (χ0n) is 24.3. The van der Waals surface area contributed by atoms with Crippen molar-refractivity contribution in [1.82, 2.24) is 9.88 Å². The van der Waals surface area contributed by atoms with E-state index >= 15 is 0 Å². The molecule has 3 aliphatic carbocycles. The largest absolute Gasteiger partial charge is 0.423 e. The molecule has 1 N–H and O–H groups in total. The van der Waals surface area contributed by atoms with Crippen LogP contribution in [0, 0.1) is 30.1 Å². The average molecular weight is 711 g/mol. The Morgan fingerprint density at radius 2 is 2.07 bits per heavy atom. The number of likely N-dealkylation sites (N-methyl/N-ethyl adjacent to an activating group) is 1. The van der Waals surface area contributed by atoms with E-state index in [0.717, 1.165) is 58.1 Å². The van der Waals surface area contributed by atoms with E-state index in [9.17, 15) is 9.59 Å². The molecule has 0 aliphatic heterocycles. The van der Waals surface area contributed by atoms with Crippen molar-refractivity contribution in [2.45, 2.75) is 64.7 Å². The van der Waals surface area contributed by atoms with E-state index in [-0.39, 0.29) is 23.8 Å². The number of anilines is 1. The third-order valence-corrected chi connectivity index (χ3v) is 11.5. The molecule has 1 amide bonds. The monoisotopic (exact) mass is 708 g/mol. The zero-order chi connectivity index (χ0) is 29.5. The van der Waals surface area contributed by atoms with Gasteiger partial charge < -0.3 is 14.9 Å². The number of esters is 1. The minimum Gasteiger partial charge on any atom is -0.423 e. The summed E-state index contributed by atoms with van der Waals surface area (Å²) in [5.74, 6) is 1.92. The van der Waals surface area contributed by atoms with E-state index in [1.807, 2.05) is 21.0 Å². The molecule has 0 spiro atoms. The second kappa shape index (κ2) is 12.4. The number of oxime groups is 1. The van der Waals surface area contributed by atoms with Gasteiger partial charge in [-0.15, -0.1) is 11.3 Å². The van der Waals surface area contributed by atoms with Crippen molar-refractivity contribution >= 4 is 65.9 Å². The number of carbonyl (C=O) groups excluding carboxylic acids is 2. The van der Waals surface area contributed by atoms with E-state index in [4.69, 9.17) is 9.57 Å². The molecule has 2 aromatic rings. The predicted molar refractivity (Wildman–Crippen MR) is 169 cm³/mol. The van der Waals surface area contributed by atoms with Crippen LogP contribution in [0.5, 0.6) is 5.75 Å². The highest BCUT2D eigenvalue weighted by Crippen LogP contribution is 2.63. The summed E-state index contributed by atoms with van der Waals surface area (Å²) >= 11 is 9.01. The summed E-state index contributed by atoms with van der Waals surface area (Å²) in [4.78, 5) is 37.8. The lowest BCUT2D eigenvalue weighted by molar-refractivity contribution is -0.135. The molecular formula is C30H38Br2N4O4S. The van der Waals surface area contributed by atoms with Crippen molar-refractivity contribution in [3.05, 3.63) is 37.2 Å². The average Bonchev–Trinajstić information content (AvgIpc) is 3.44. The molecule has 2 fully saturated rings. The lowest BCUT2D eigenvalue weighted by atomic mass is 9.54. The summed E-state index contributed by atoms with van der Waals surface area (Å²) in [6.07, 6.45) is 7.95. The molecule has 0 radical (unpaired) electrons. The molecule has 4 unspecified atom stereocenters. The van der Waals surface area contributed by atoms with Crippen LogP contribution in [-0.4, -0.2) is 55.2 Å². The number of halogens is 2. The van der Waals surface area contributed by atoms with E-state index in [1.54, 1.807) is 18.2 Å². The van der Waals surface area contributed by atoms with Gasteiger partial charge in [0.25, 0.3) is 0 Å². The summed E-state index contributed by atoms with van der Waals surface area (Å²) in [6, 6.07) is 2.18. The Bertz CT molecular complexity index is 1360. The van der Waals surface area contributed by atoms with Gasteiger partial charge in [-0.2, -0.15) is 0 Å². The topological polar surface area (TPSA) is 93.1 Å². The van der Waals surface area contributed by atoms with Crippen molar-refractivity contribution in [2.75, 3.05) is 33.1 Å². The lowest BCUT2D eigenvalue weighted by Crippen LogP contribution is -2.44. The quantitative estimate of drug-likeness (QED) is 0.181. The molecule has 11 heteroatoms. The van der Waals surface area contributed by atoms with E-state index in [1.165, 1.54) is 22.5 Å². The number of carbonyl (C=O) groups is 2. The Kier molecular flexibility index (Phi) is 9.28. The van der Waals surface area contributed by atoms with Crippen molar-refractivity contribution in [2.24, 2.45) is 28.3 Å². The number of hydrogen-bond donors (Lipinski definition) is 1. The summed E-state index contributed by atoms with van der Waals surface area (Å²) in [5, 5.41) is 8.18. The normalized spacial score (nSPS) is 27.8. The SMILES string of the molecule is CO/N=C1/CC(CCC(=O)Nc2ncc(C)s2)C2C3CCc4c(cc(Br)c(OC(=O)CN(C)C)c4Br)C3CC[C@]12C. The highest BCUT2D eigenvalue weighted by molar-refractivity contribution is 9.11. The van der Waals surface area contributed by atoms with Gasteiger partial charge in [0, 0.05) is 22.9 Å². The third-order valence-electron chi connectivity index (χ3n) is 9.22. The highest BCUT2D eigenvalue weighted by Gasteiger charge is 2.58. The molecule has 222 valence electrons. The first-order chi connectivity index (χ1) is 19.5. The maximum atomic E-state index is 12.9.